The summed E-state index contributed by atoms with van der Waals surface area (Å²) in [5.41, 5.74) is 2.11. The van der Waals surface area contributed by atoms with Gasteiger partial charge in [0.2, 0.25) is 5.91 Å². The third-order valence-corrected chi connectivity index (χ3v) is 5.37. The summed E-state index contributed by atoms with van der Waals surface area (Å²) in [6.07, 6.45) is 2.40. The summed E-state index contributed by atoms with van der Waals surface area (Å²) in [6, 6.07) is 3.62. The second kappa shape index (κ2) is 7.71. The molecule has 130 valence electrons. The first kappa shape index (κ1) is 17.5. The Balaban J connectivity index is 1.76. The van der Waals surface area contributed by atoms with E-state index in [0.717, 1.165) is 16.3 Å². The molecular formula is C17H18N4O2S2. The molecule has 0 aliphatic carbocycles. The molecule has 0 bridgehead atoms. The van der Waals surface area contributed by atoms with E-state index in [0.29, 0.717) is 12.1 Å². The van der Waals surface area contributed by atoms with Gasteiger partial charge in [-0.15, -0.1) is 11.3 Å². The van der Waals surface area contributed by atoms with Crippen LogP contribution in [0.2, 0.25) is 0 Å². The van der Waals surface area contributed by atoms with E-state index < -0.39 is 5.69 Å². The Morgan fingerprint density at radius 3 is 2.84 bits per heavy atom. The molecule has 6 nitrogen and oxygen atoms in total. The first-order chi connectivity index (χ1) is 12.0. The standard InChI is InChI=1S/C17H18N4O2S2/c1-11-7-12(2)21(17(23)19-11)9-15(22)20-14(16-18-4-6-25-16)8-13-3-5-24-10-13/h3-7,10,14H,8-9H2,1-2H3,(H,20,22)/t14-/m0/s1. The highest BCUT2D eigenvalue weighted by atomic mass is 32.1. The first-order valence-corrected chi connectivity index (χ1v) is 9.60. The third kappa shape index (κ3) is 4.40. The van der Waals surface area contributed by atoms with Crippen LogP contribution in [-0.4, -0.2) is 20.4 Å². The first-order valence-electron chi connectivity index (χ1n) is 7.78. The summed E-state index contributed by atoms with van der Waals surface area (Å²) < 4.78 is 1.38. The van der Waals surface area contributed by atoms with Crippen LogP contribution in [0.3, 0.4) is 0 Å². The van der Waals surface area contributed by atoms with Gasteiger partial charge in [-0.3, -0.25) is 9.36 Å². The Hall–Kier alpha value is -2.32. The zero-order valence-corrected chi connectivity index (χ0v) is 15.6. The molecule has 1 atom stereocenters. The van der Waals surface area contributed by atoms with E-state index in [-0.39, 0.29) is 18.5 Å². The topological polar surface area (TPSA) is 76.9 Å². The molecule has 0 aromatic carbocycles. The number of nitrogens with one attached hydrogen (secondary N) is 1. The van der Waals surface area contributed by atoms with Crippen molar-refractivity contribution >= 4 is 28.6 Å². The van der Waals surface area contributed by atoms with Crippen LogP contribution in [0.15, 0.2) is 39.3 Å². The highest BCUT2D eigenvalue weighted by Gasteiger charge is 2.19. The second-order valence-corrected chi connectivity index (χ2v) is 7.44. The highest BCUT2D eigenvalue weighted by molar-refractivity contribution is 7.09. The minimum Gasteiger partial charge on any atom is -0.345 e. The van der Waals surface area contributed by atoms with Gasteiger partial charge in [0.05, 0.1) is 6.04 Å². The van der Waals surface area contributed by atoms with Crippen LogP contribution in [0.5, 0.6) is 0 Å². The summed E-state index contributed by atoms with van der Waals surface area (Å²) in [4.78, 5) is 32.8. The summed E-state index contributed by atoms with van der Waals surface area (Å²) in [5, 5.41) is 9.82. The van der Waals surface area contributed by atoms with Crippen LogP contribution in [0, 0.1) is 13.8 Å². The molecule has 25 heavy (non-hydrogen) atoms. The van der Waals surface area contributed by atoms with E-state index in [4.69, 9.17) is 0 Å². The van der Waals surface area contributed by atoms with Gasteiger partial charge in [-0.05, 0) is 42.3 Å². The number of nitrogens with zero attached hydrogens (tertiary/aromatic N) is 3. The van der Waals surface area contributed by atoms with E-state index in [1.54, 1.807) is 37.4 Å². The Morgan fingerprint density at radius 2 is 2.20 bits per heavy atom. The van der Waals surface area contributed by atoms with Crippen LogP contribution in [0.4, 0.5) is 0 Å². The highest BCUT2D eigenvalue weighted by Crippen LogP contribution is 2.21. The van der Waals surface area contributed by atoms with Crippen molar-refractivity contribution in [2.24, 2.45) is 0 Å². The molecule has 0 unspecified atom stereocenters. The number of thiophene rings is 1. The van der Waals surface area contributed by atoms with E-state index >= 15 is 0 Å². The van der Waals surface area contributed by atoms with Crippen molar-refractivity contribution in [2.45, 2.75) is 32.9 Å². The molecule has 3 rings (SSSR count). The van der Waals surface area contributed by atoms with Crippen molar-refractivity contribution in [1.29, 1.82) is 0 Å². The van der Waals surface area contributed by atoms with Crippen molar-refractivity contribution in [2.75, 3.05) is 0 Å². The Labute approximate surface area is 153 Å². The molecule has 3 heterocycles. The third-order valence-electron chi connectivity index (χ3n) is 3.75. The average Bonchev–Trinajstić information content (AvgIpc) is 3.23. The molecule has 0 saturated carbocycles. The molecule has 0 aliphatic heterocycles. The van der Waals surface area contributed by atoms with Crippen LogP contribution in [0.25, 0.3) is 0 Å². The minimum atomic E-state index is -0.406. The van der Waals surface area contributed by atoms with Gasteiger partial charge in [-0.25, -0.2) is 9.78 Å². The van der Waals surface area contributed by atoms with E-state index in [1.165, 1.54) is 15.9 Å². The summed E-state index contributed by atoms with van der Waals surface area (Å²) in [7, 11) is 0. The quantitative estimate of drug-likeness (QED) is 0.719. The second-order valence-electron chi connectivity index (χ2n) is 5.73. The fourth-order valence-corrected chi connectivity index (χ4v) is 3.97. The maximum atomic E-state index is 12.5. The molecule has 1 amide bonds. The lowest BCUT2D eigenvalue weighted by Gasteiger charge is -2.17. The maximum Gasteiger partial charge on any atom is 0.348 e. The van der Waals surface area contributed by atoms with E-state index in [9.17, 15) is 9.59 Å². The largest absolute Gasteiger partial charge is 0.348 e. The predicted molar refractivity (Wildman–Crippen MR) is 99.0 cm³/mol. The summed E-state index contributed by atoms with van der Waals surface area (Å²) >= 11 is 3.13. The molecule has 3 aromatic rings. The van der Waals surface area contributed by atoms with Crippen molar-refractivity contribution in [1.82, 2.24) is 19.9 Å². The molecule has 0 saturated heterocycles. The number of carbonyl (C=O) groups is 1. The molecular weight excluding hydrogens is 356 g/mol. The number of aryl methyl sites for hydroxylation is 2. The number of hydrogen-bond donors (Lipinski definition) is 1. The Morgan fingerprint density at radius 1 is 1.36 bits per heavy atom. The maximum absolute atomic E-state index is 12.5. The number of aromatic nitrogens is 3. The van der Waals surface area contributed by atoms with Gasteiger partial charge >= 0.3 is 5.69 Å². The fraction of sp³-hybridized carbons (Fsp3) is 0.294. The van der Waals surface area contributed by atoms with Crippen LogP contribution in [-0.2, 0) is 17.8 Å². The van der Waals surface area contributed by atoms with Crippen molar-refractivity contribution in [3.8, 4) is 0 Å². The monoisotopic (exact) mass is 374 g/mol. The SMILES string of the molecule is Cc1cc(C)n(CC(=O)N[C@@H](Cc2ccsc2)c2nccs2)c(=O)n1. The Kier molecular flexibility index (Phi) is 5.40. The van der Waals surface area contributed by atoms with Gasteiger partial charge in [0.25, 0.3) is 0 Å². The van der Waals surface area contributed by atoms with Gasteiger partial charge in [0, 0.05) is 29.4 Å². The zero-order valence-electron chi connectivity index (χ0n) is 13.9. The van der Waals surface area contributed by atoms with Gasteiger partial charge < -0.3 is 5.32 Å². The molecule has 0 radical (unpaired) electrons. The minimum absolute atomic E-state index is 0.0521. The van der Waals surface area contributed by atoms with Crippen molar-refractivity contribution < 1.29 is 4.79 Å². The number of thiazole rings is 1. The molecule has 3 aromatic heterocycles. The van der Waals surface area contributed by atoms with E-state index in [2.05, 4.69) is 20.7 Å². The smallest absolute Gasteiger partial charge is 0.345 e. The fourth-order valence-electron chi connectivity index (χ4n) is 2.60. The van der Waals surface area contributed by atoms with Crippen LogP contribution < -0.4 is 11.0 Å². The lowest BCUT2D eigenvalue weighted by molar-refractivity contribution is -0.122. The van der Waals surface area contributed by atoms with Crippen LogP contribution in [0.1, 0.15) is 28.0 Å². The number of amides is 1. The summed E-state index contributed by atoms with van der Waals surface area (Å²) in [6.45, 7) is 3.51. The molecule has 0 fully saturated rings. The zero-order chi connectivity index (χ0) is 17.8. The predicted octanol–water partition coefficient (Wildman–Crippen LogP) is 2.48. The van der Waals surface area contributed by atoms with Crippen LogP contribution >= 0.6 is 22.7 Å². The van der Waals surface area contributed by atoms with Gasteiger partial charge in [-0.2, -0.15) is 16.3 Å². The lowest BCUT2D eigenvalue weighted by atomic mass is 10.1. The van der Waals surface area contributed by atoms with Crippen molar-refractivity contribution in [3.63, 3.8) is 0 Å². The number of hydrogen-bond acceptors (Lipinski definition) is 6. The molecule has 1 N–H and O–H groups in total. The molecule has 8 heteroatoms. The molecule has 0 aliphatic rings. The van der Waals surface area contributed by atoms with Crippen molar-refractivity contribution in [3.05, 3.63) is 66.9 Å². The number of rotatable bonds is 6. The van der Waals surface area contributed by atoms with Gasteiger partial charge in [-0.1, -0.05) is 0 Å². The van der Waals surface area contributed by atoms with Gasteiger partial charge in [0.1, 0.15) is 11.6 Å². The Bertz CT molecular complexity index is 901. The van der Waals surface area contributed by atoms with Gasteiger partial charge in [0.15, 0.2) is 0 Å². The average molecular weight is 374 g/mol. The normalized spacial score (nSPS) is 12.1. The summed E-state index contributed by atoms with van der Waals surface area (Å²) in [5.74, 6) is -0.230. The molecule has 0 spiro atoms. The number of carbonyl (C=O) groups excluding carboxylic acids is 1. The van der Waals surface area contributed by atoms with E-state index in [1.807, 2.05) is 16.8 Å². The lowest BCUT2D eigenvalue weighted by Crippen LogP contribution is -2.37.